The van der Waals surface area contributed by atoms with Crippen molar-refractivity contribution in [3.05, 3.63) is 54.4 Å². The van der Waals surface area contributed by atoms with Crippen molar-refractivity contribution < 1.29 is 14.3 Å². The van der Waals surface area contributed by atoms with E-state index in [0.717, 1.165) is 16.9 Å². The zero-order valence-electron chi connectivity index (χ0n) is 14.8. The molecule has 0 aliphatic carbocycles. The number of fused-ring (bicyclic) bond motifs is 1. The van der Waals surface area contributed by atoms with Gasteiger partial charge in [0.2, 0.25) is 5.91 Å². The number of nitrogens with one attached hydrogen (secondary N) is 2. The fourth-order valence-corrected chi connectivity index (χ4v) is 2.69. The van der Waals surface area contributed by atoms with Crippen LogP contribution in [0.15, 0.2) is 48.5 Å². The van der Waals surface area contributed by atoms with Crippen LogP contribution >= 0.6 is 0 Å². The normalized spacial score (nSPS) is 10.7. The quantitative estimate of drug-likeness (QED) is 0.580. The summed E-state index contributed by atoms with van der Waals surface area (Å²) < 4.78 is 10.9. The zero-order chi connectivity index (χ0) is 18.2. The van der Waals surface area contributed by atoms with E-state index in [1.165, 1.54) is 0 Å². The molecule has 6 heteroatoms. The highest BCUT2D eigenvalue weighted by atomic mass is 16.5. The first kappa shape index (κ1) is 17.8. The number of hydrogen-bond acceptors (Lipinski definition) is 4. The number of nitrogens with zero attached hydrogens (tertiary/aromatic N) is 1. The number of carbonyl (C=O) groups is 1. The van der Waals surface area contributed by atoms with E-state index in [9.17, 15) is 4.79 Å². The van der Waals surface area contributed by atoms with E-state index in [-0.39, 0.29) is 5.91 Å². The number of H-pyrrole nitrogens is 1. The number of aromatic amines is 1. The van der Waals surface area contributed by atoms with Gasteiger partial charge in [-0.3, -0.25) is 4.79 Å². The average Bonchev–Trinajstić information content (AvgIpc) is 3.08. The number of methoxy groups -OCH3 is 1. The Balaban J connectivity index is 1.34. The van der Waals surface area contributed by atoms with E-state index in [0.29, 0.717) is 43.9 Å². The molecule has 0 saturated carbocycles. The summed E-state index contributed by atoms with van der Waals surface area (Å²) in [5, 5.41) is 2.92. The molecular weight excluding hydrogens is 330 g/mol. The molecule has 2 N–H and O–H groups in total. The molecule has 0 bridgehead atoms. The lowest BCUT2D eigenvalue weighted by Gasteiger charge is -2.10. The molecule has 0 radical (unpaired) electrons. The van der Waals surface area contributed by atoms with E-state index in [2.05, 4.69) is 15.3 Å². The topological polar surface area (TPSA) is 76.2 Å². The van der Waals surface area contributed by atoms with Crippen molar-refractivity contribution in [2.45, 2.75) is 19.3 Å². The van der Waals surface area contributed by atoms with Gasteiger partial charge in [0.05, 0.1) is 24.8 Å². The Morgan fingerprint density at radius 2 is 1.88 bits per heavy atom. The Morgan fingerprint density at radius 3 is 2.69 bits per heavy atom. The molecular formula is C20H23N3O3. The molecule has 2 aromatic carbocycles. The Kier molecular flexibility index (Phi) is 6.09. The maximum atomic E-state index is 11.9. The molecule has 0 spiro atoms. The molecule has 0 atom stereocenters. The van der Waals surface area contributed by atoms with Crippen molar-refractivity contribution in [2.24, 2.45) is 0 Å². The van der Waals surface area contributed by atoms with Gasteiger partial charge < -0.3 is 19.8 Å². The summed E-state index contributed by atoms with van der Waals surface area (Å²) in [6.45, 7) is 1.03. The number of amides is 1. The van der Waals surface area contributed by atoms with Crippen LogP contribution < -0.4 is 14.8 Å². The number of benzene rings is 2. The minimum absolute atomic E-state index is 0.0183. The van der Waals surface area contributed by atoms with E-state index < -0.39 is 0 Å². The van der Waals surface area contributed by atoms with Gasteiger partial charge in [0, 0.05) is 19.4 Å². The predicted molar refractivity (Wildman–Crippen MR) is 101 cm³/mol. The first-order valence-electron chi connectivity index (χ1n) is 8.72. The third-order valence-corrected chi connectivity index (χ3v) is 4.00. The molecule has 0 fully saturated rings. The summed E-state index contributed by atoms with van der Waals surface area (Å²) in [5.74, 6) is 2.29. The van der Waals surface area contributed by atoms with Crippen LogP contribution in [0.5, 0.6) is 11.5 Å². The third kappa shape index (κ3) is 4.75. The summed E-state index contributed by atoms with van der Waals surface area (Å²) in [5.41, 5.74) is 1.96. The number of ether oxygens (including phenoxy) is 2. The number of hydrogen-bond donors (Lipinski definition) is 2. The molecule has 136 valence electrons. The van der Waals surface area contributed by atoms with Gasteiger partial charge >= 0.3 is 0 Å². The molecule has 3 aromatic rings. The Bertz CT molecular complexity index is 827. The monoisotopic (exact) mass is 353 g/mol. The van der Waals surface area contributed by atoms with Gasteiger partial charge in [-0.25, -0.2) is 4.98 Å². The Morgan fingerprint density at radius 1 is 1.12 bits per heavy atom. The lowest BCUT2D eigenvalue weighted by atomic mass is 10.3. The molecule has 1 aromatic heterocycles. The number of para-hydroxylation sites is 4. The van der Waals surface area contributed by atoms with Crippen molar-refractivity contribution in [3.8, 4) is 11.5 Å². The highest BCUT2D eigenvalue weighted by molar-refractivity contribution is 5.76. The van der Waals surface area contributed by atoms with Gasteiger partial charge in [0.1, 0.15) is 5.82 Å². The van der Waals surface area contributed by atoms with Gasteiger partial charge in [-0.05, 0) is 30.7 Å². The van der Waals surface area contributed by atoms with Crippen molar-refractivity contribution >= 4 is 16.9 Å². The molecule has 1 amide bonds. The fourth-order valence-electron chi connectivity index (χ4n) is 2.69. The summed E-state index contributed by atoms with van der Waals surface area (Å²) in [4.78, 5) is 19.7. The highest BCUT2D eigenvalue weighted by Gasteiger charge is 2.06. The number of carbonyl (C=O) groups excluding carboxylic acids is 1. The van der Waals surface area contributed by atoms with Crippen LogP contribution in [0.25, 0.3) is 11.0 Å². The van der Waals surface area contributed by atoms with Gasteiger partial charge in [-0.2, -0.15) is 0 Å². The first-order valence-corrected chi connectivity index (χ1v) is 8.72. The minimum Gasteiger partial charge on any atom is -0.493 e. The molecule has 26 heavy (non-hydrogen) atoms. The molecule has 0 aliphatic heterocycles. The molecule has 0 unspecified atom stereocenters. The van der Waals surface area contributed by atoms with E-state index in [1.54, 1.807) is 7.11 Å². The number of aromatic nitrogens is 2. The lowest BCUT2D eigenvalue weighted by Crippen LogP contribution is -2.26. The largest absolute Gasteiger partial charge is 0.493 e. The smallest absolute Gasteiger partial charge is 0.220 e. The van der Waals surface area contributed by atoms with Crippen molar-refractivity contribution in [3.63, 3.8) is 0 Å². The van der Waals surface area contributed by atoms with Crippen LogP contribution in [-0.4, -0.2) is 36.1 Å². The van der Waals surface area contributed by atoms with E-state index in [4.69, 9.17) is 9.47 Å². The van der Waals surface area contributed by atoms with Crippen LogP contribution in [0.4, 0.5) is 0 Å². The maximum Gasteiger partial charge on any atom is 0.220 e. The van der Waals surface area contributed by atoms with Gasteiger partial charge in [-0.1, -0.05) is 24.3 Å². The fraction of sp³-hybridized carbons (Fsp3) is 0.300. The molecule has 6 nitrogen and oxygen atoms in total. The SMILES string of the molecule is COc1ccccc1OCCCC(=O)NCCc1nc2ccccc2[nH]1. The highest BCUT2D eigenvalue weighted by Crippen LogP contribution is 2.25. The van der Waals surface area contributed by atoms with Crippen LogP contribution in [0, 0.1) is 0 Å². The summed E-state index contributed by atoms with van der Waals surface area (Å²) in [6.07, 6.45) is 1.75. The second-order valence-corrected chi connectivity index (χ2v) is 5.90. The predicted octanol–water partition coefficient (Wildman–Crippen LogP) is 3.09. The van der Waals surface area contributed by atoms with Crippen molar-refractivity contribution in [1.29, 1.82) is 0 Å². The van der Waals surface area contributed by atoms with Crippen molar-refractivity contribution in [2.75, 3.05) is 20.3 Å². The van der Waals surface area contributed by atoms with Crippen LogP contribution in [0.1, 0.15) is 18.7 Å². The van der Waals surface area contributed by atoms with Gasteiger partial charge in [0.15, 0.2) is 11.5 Å². The minimum atomic E-state index is 0.0183. The maximum absolute atomic E-state index is 11.9. The van der Waals surface area contributed by atoms with Gasteiger partial charge in [0.25, 0.3) is 0 Å². The number of imidazole rings is 1. The van der Waals surface area contributed by atoms with Crippen molar-refractivity contribution in [1.82, 2.24) is 15.3 Å². The third-order valence-electron chi connectivity index (χ3n) is 4.00. The van der Waals surface area contributed by atoms with Crippen LogP contribution in [-0.2, 0) is 11.2 Å². The second kappa shape index (κ2) is 8.89. The standard InChI is InChI=1S/C20H23N3O3/c1-25-17-9-4-5-10-18(17)26-14-6-11-20(24)21-13-12-19-22-15-7-2-3-8-16(15)23-19/h2-5,7-10H,6,11-14H2,1H3,(H,21,24)(H,22,23). The molecule has 1 heterocycles. The van der Waals surface area contributed by atoms with E-state index in [1.807, 2.05) is 48.5 Å². The second-order valence-electron chi connectivity index (χ2n) is 5.90. The Labute approximate surface area is 152 Å². The van der Waals surface area contributed by atoms with Crippen LogP contribution in [0.2, 0.25) is 0 Å². The summed E-state index contributed by atoms with van der Waals surface area (Å²) >= 11 is 0. The lowest BCUT2D eigenvalue weighted by molar-refractivity contribution is -0.121. The molecule has 0 aliphatic rings. The van der Waals surface area contributed by atoms with E-state index >= 15 is 0 Å². The molecule has 0 saturated heterocycles. The molecule has 3 rings (SSSR count). The summed E-state index contributed by atoms with van der Waals surface area (Å²) in [7, 11) is 1.61. The van der Waals surface area contributed by atoms with Gasteiger partial charge in [-0.15, -0.1) is 0 Å². The zero-order valence-corrected chi connectivity index (χ0v) is 14.8. The summed E-state index contributed by atoms with van der Waals surface area (Å²) in [6, 6.07) is 15.4. The Hall–Kier alpha value is -3.02. The first-order chi connectivity index (χ1) is 12.8. The average molecular weight is 353 g/mol. The van der Waals surface area contributed by atoms with Crippen LogP contribution in [0.3, 0.4) is 0 Å². The number of rotatable bonds is 9.